The molecule has 0 aliphatic heterocycles. The molecule has 0 unspecified atom stereocenters. The van der Waals surface area contributed by atoms with Crippen LogP contribution in [0.4, 0.5) is 0 Å². The Morgan fingerprint density at radius 1 is 1.47 bits per heavy atom. The molecular weight excluding hydrogens is 296 g/mol. The van der Waals surface area contributed by atoms with Gasteiger partial charge in [-0.1, -0.05) is 15.9 Å². The fraction of sp³-hybridized carbons (Fsp3) is 0.300. The maximum Gasteiger partial charge on any atom is 0.336 e. The molecule has 2 nitrogen and oxygen atoms in total. The van der Waals surface area contributed by atoms with Gasteiger partial charge >= 0.3 is 5.97 Å². The number of carbonyl (C=O) groups is 1. The smallest absolute Gasteiger partial charge is 0.336 e. The number of benzene rings is 1. The molecule has 1 N–H and O–H groups in total. The number of aromatic carboxylic acids is 1. The molecule has 5 heteroatoms. The van der Waals surface area contributed by atoms with E-state index in [9.17, 15) is 4.79 Å². The van der Waals surface area contributed by atoms with Crippen LogP contribution in [-0.2, 0) is 0 Å². The summed E-state index contributed by atoms with van der Waals surface area (Å²) >= 11 is 6.68. The van der Waals surface area contributed by atoms with Crippen LogP contribution >= 0.6 is 39.5 Å². The standard InChI is InChI=1S/C10H11BrO2S2/c1-14-4-5-15-9-6-7(11)2-3-8(9)10(12)13/h2-3,6H,4-5H2,1H3,(H,12,13). The minimum Gasteiger partial charge on any atom is -0.478 e. The van der Waals surface area contributed by atoms with E-state index >= 15 is 0 Å². The summed E-state index contributed by atoms with van der Waals surface area (Å²) < 4.78 is 0.916. The lowest BCUT2D eigenvalue weighted by atomic mass is 10.2. The Bertz CT molecular complexity index is 355. The predicted molar refractivity (Wildman–Crippen MR) is 70.2 cm³/mol. The first-order valence-corrected chi connectivity index (χ1v) is 7.47. The average molecular weight is 307 g/mol. The van der Waals surface area contributed by atoms with Crippen LogP contribution in [0.2, 0.25) is 0 Å². The van der Waals surface area contributed by atoms with Crippen molar-refractivity contribution in [1.29, 1.82) is 0 Å². The first-order chi connectivity index (χ1) is 7.15. The van der Waals surface area contributed by atoms with E-state index in [1.807, 2.05) is 12.3 Å². The summed E-state index contributed by atoms with van der Waals surface area (Å²) in [6.07, 6.45) is 2.04. The van der Waals surface area contributed by atoms with Crippen molar-refractivity contribution in [2.45, 2.75) is 4.90 Å². The fourth-order valence-electron chi connectivity index (χ4n) is 1.03. The van der Waals surface area contributed by atoms with E-state index in [2.05, 4.69) is 15.9 Å². The predicted octanol–water partition coefficient (Wildman–Crippen LogP) is 3.60. The van der Waals surface area contributed by atoms with Gasteiger partial charge in [-0.15, -0.1) is 11.8 Å². The number of hydrogen-bond donors (Lipinski definition) is 1. The lowest BCUT2D eigenvalue weighted by molar-refractivity contribution is 0.0693. The number of carboxylic acids is 1. The maximum absolute atomic E-state index is 10.9. The SMILES string of the molecule is CSCCSc1cc(Br)ccc1C(=O)O. The van der Waals surface area contributed by atoms with Crippen LogP contribution < -0.4 is 0 Å². The molecule has 1 aromatic rings. The lowest BCUT2D eigenvalue weighted by Crippen LogP contribution is -1.99. The molecule has 1 aromatic carbocycles. The zero-order valence-electron chi connectivity index (χ0n) is 8.20. The third-order valence-corrected chi connectivity index (χ3v) is 4.14. The quantitative estimate of drug-likeness (QED) is 0.666. The van der Waals surface area contributed by atoms with Crippen LogP contribution in [-0.4, -0.2) is 28.8 Å². The van der Waals surface area contributed by atoms with Crippen LogP contribution in [0, 0.1) is 0 Å². The molecule has 0 amide bonds. The molecule has 0 spiro atoms. The van der Waals surface area contributed by atoms with Gasteiger partial charge in [0, 0.05) is 20.9 Å². The summed E-state index contributed by atoms with van der Waals surface area (Å²) in [5.41, 5.74) is 0.379. The first-order valence-electron chi connectivity index (χ1n) is 4.29. The van der Waals surface area contributed by atoms with Crippen molar-refractivity contribution in [3.63, 3.8) is 0 Å². The molecule has 0 aliphatic carbocycles. The Labute approximate surface area is 106 Å². The van der Waals surface area contributed by atoms with Gasteiger partial charge in [0.15, 0.2) is 0 Å². The Morgan fingerprint density at radius 3 is 2.80 bits per heavy atom. The van der Waals surface area contributed by atoms with E-state index in [0.717, 1.165) is 20.9 Å². The third kappa shape index (κ3) is 4.09. The number of thioether (sulfide) groups is 2. The highest BCUT2D eigenvalue weighted by atomic mass is 79.9. The van der Waals surface area contributed by atoms with Gasteiger partial charge in [0.2, 0.25) is 0 Å². The van der Waals surface area contributed by atoms with Gasteiger partial charge in [0.05, 0.1) is 5.56 Å². The van der Waals surface area contributed by atoms with Gasteiger partial charge in [0.25, 0.3) is 0 Å². The normalized spacial score (nSPS) is 10.3. The zero-order valence-corrected chi connectivity index (χ0v) is 11.4. The fourth-order valence-corrected chi connectivity index (χ4v) is 3.28. The summed E-state index contributed by atoms with van der Waals surface area (Å²) in [7, 11) is 0. The van der Waals surface area contributed by atoms with E-state index in [0.29, 0.717) is 5.56 Å². The Morgan fingerprint density at radius 2 is 2.20 bits per heavy atom. The zero-order chi connectivity index (χ0) is 11.3. The first kappa shape index (κ1) is 12.9. The minimum absolute atomic E-state index is 0.379. The Hall–Kier alpha value is -0.130. The van der Waals surface area contributed by atoms with Crippen molar-refractivity contribution < 1.29 is 9.90 Å². The Balaban J connectivity index is 2.82. The topological polar surface area (TPSA) is 37.3 Å². The average Bonchev–Trinajstić information content (AvgIpc) is 2.18. The summed E-state index contributed by atoms with van der Waals surface area (Å²) in [6.45, 7) is 0. The number of halogens is 1. The third-order valence-electron chi connectivity index (χ3n) is 1.72. The van der Waals surface area contributed by atoms with Gasteiger partial charge in [0.1, 0.15) is 0 Å². The second-order valence-corrected chi connectivity index (χ2v) is 5.82. The van der Waals surface area contributed by atoms with Gasteiger partial charge in [-0.05, 0) is 24.5 Å². The highest BCUT2D eigenvalue weighted by molar-refractivity contribution is 9.10. The molecule has 0 aromatic heterocycles. The summed E-state index contributed by atoms with van der Waals surface area (Å²) in [4.78, 5) is 11.8. The minimum atomic E-state index is -0.867. The Kier molecular flexibility index (Phi) is 5.56. The van der Waals surface area contributed by atoms with Crippen molar-refractivity contribution in [1.82, 2.24) is 0 Å². The molecular formula is C10H11BrO2S2. The number of rotatable bonds is 5. The molecule has 0 saturated carbocycles. The lowest BCUT2D eigenvalue weighted by Gasteiger charge is -2.05. The van der Waals surface area contributed by atoms with Crippen molar-refractivity contribution in [2.24, 2.45) is 0 Å². The monoisotopic (exact) mass is 306 g/mol. The largest absolute Gasteiger partial charge is 0.478 e. The number of carboxylic acid groups (broad SMARTS) is 1. The van der Waals surface area contributed by atoms with E-state index in [4.69, 9.17) is 5.11 Å². The van der Waals surface area contributed by atoms with E-state index in [1.165, 1.54) is 0 Å². The van der Waals surface area contributed by atoms with E-state index in [-0.39, 0.29) is 0 Å². The van der Waals surface area contributed by atoms with Crippen LogP contribution in [0.3, 0.4) is 0 Å². The second kappa shape index (κ2) is 6.45. The van der Waals surface area contributed by atoms with Crippen molar-refractivity contribution in [2.75, 3.05) is 17.8 Å². The molecule has 0 saturated heterocycles. The van der Waals surface area contributed by atoms with Crippen LogP contribution in [0.1, 0.15) is 10.4 Å². The molecule has 0 radical (unpaired) electrons. The summed E-state index contributed by atoms with van der Waals surface area (Å²) in [6, 6.07) is 5.24. The van der Waals surface area contributed by atoms with Crippen LogP contribution in [0.5, 0.6) is 0 Å². The maximum atomic E-state index is 10.9. The molecule has 15 heavy (non-hydrogen) atoms. The van der Waals surface area contributed by atoms with Gasteiger partial charge < -0.3 is 5.11 Å². The van der Waals surface area contributed by atoms with Gasteiger partial charge in [-0.25, -0.2) is 4.79 Å². The van der Waals surface area contributed by atoms with Gasteiger partial charge in [-0.3, -0.25) is 0 Å². The van der Waals surface area contributed by atoms with E-state index in [1.54, 1.807) is 35.7 Å². The molecule has 0 heterocycles. The van der Waals surface area contributed by atoms with Crippen molar-refractivity contribution in [3.05, 3.63) is 28.2 Å². The molecule has 82 valence electrons. The second-order valence-electron chi connectivity index (χ2n) is 2.79. The molecule has 0 atom stereocenters. The number of hydrogen-bond acceptors (Lipinski definition) is 3. The molecule has 0 fully saturated rings. The molecule has 1 rings (SSSR count). The van der Waals surface area contributed by atoms with Crippen LogP contribution in [0.25, 0.3) is 0 Å². The summed E-state index contributed by atoms with van der Waals surface area (Å²) in [5, 5.41) is 8.98. The summed E-state index contributed by atoms with van der Waals surface area (Å²) in [5.74, 6) is 1.09. The van der Waals surface area contributed by atoms with E-state index < -0.39 is 5.97 Å². The molecule has 0 bridgehead atoms. The van der Waals surface area contributed by atoms with Gasteiger partial charge in [-0.2, -0.15) is 11.8 Å². The van der Waals surface area contributed by atoms with Crippen molar-refractivity contribution in [3.8, 4) is 0 Å². The highest BCUT2D eigenvalue weighted by Crippen LogP contribution is 2.27. The molecule has 0 aliphatic rings. The highest BCUT2D eigenvalue weighted by Gasteiger charge is 2.10. The van der Waals surface area contributed by atoms with Crippen molar-refractivity contribution >= 4 is 45.4 Å². The van der Waals surface area contributed by atoms with Crippen LogP contribution in [0.15, 0.2) is 27.6 Å².